The molecule has 0 saturated heterocycles. The predicted octanol–water partition coefficient (Wildman–Crippen LogP) is 4.82. The van der Waals surface area contributed by atoms with E-state index in [2.05, 4.69) is 15.1 Å². The Morgan fingerprint density at radius 2 is 1.77 bits per heavy atom. The van der Waals surface area contributed by atoms with Gasteiger partial charge >= 0.3 is 0 Å². The lowest BCUT2D eigenvalue weighted by molar-refractivity contribution is 0.415. The molecule has 1 N–H and O–H groups in total. The van der Waals surface area contributed by atoms with Crippen LogP contribution in [0.25, 0.3) is 16.9 Å². The van der Waals surface area contributed by atoms with Crippen LogP contribution in [-0.2, 0) is 0 Å². The standard InChI is InChI=1S/C24H21FN4O2/c1-15-5-4-6-21(26-15)27-16(2)22-23(17-7-13-20(31-3)14-8-17)28-29(24(22)30)19-11-9-18(25)10-12-19/h4-14,28H,1-3H3. The van der Waals surface area contributed by atoms with E-state index in [0.29, 0.717) is 34.2 Å². The van der Waals surface area contributed by atoms with Gasteiger partial charge in [0.25, 0.3) is 5.56 Å². The molecular weight excluding hydrogens is 395 g/mol. The minimum absolute atomic E-state index is 0.286. The summed E-state index contributed by atoms with van der Waals surface area (Å²) in [6.45, 7) is 3.66. The van der Waals surface area contributed by atoms with Gasteiger partial charge in [0, 0.05) is 11.3 Å². The lowest BCUT2D eigenvalue weighted by Crippen LogP contribution is -2.19. The molecule has 2 heterocycles. The first-order valence-corrected chi connectivity index (χ1v) is 9.71. The van der Waals surface area contributed by atoms with Crippen LogP contribution in [0, 0.1) is 12.7 Å². The fourth-order valence-corrected chi connectivity index (χ4v) is 3.33. The summed E-state index contributed by atoms with van der Waals surface area (Å²) in [6, 6.07) is 18.6. The van der Waals surface area contributed by atoms with Crippen molar-refractivity contribution in [3.8, 4) is 22.7 Å². The molecule has 7 heteroatoms. The molecular formula is C24H21FN4O2. The summed E-state index contributed by atoms with van der Waals surface area (Å²) >= 11 is 0. The molecule has 0 radical (unpaired) electrons. The number of nitrogens with one attached hydrogen (secondary N) is 1. The number of nitrogens with zero attached hydrogens (tertiary/aromatic N) is 3. The summed E-state index contributed by atoms with van der Waals surface area (Å²) < 4.78 is 20.0. The molecule has 0 amide bonds. The summed E-state index contributed by atoms with van der Waals surface area (Å²) in [7, 11) is 1.60. The molecule has 6 nitrogen and oxygen atoms in total. The Morgan fingerprint density at radius 1 is 1.06 bits per heavy atom. The van der Waals surface area contributed by atoms with Gasteiger partial charge in [-0.25, -0.2) is 19.0 Å². The zero-order valence-electron chi connectivity index (χ0n) is 17.4. The molecule has 0 aliphatic carbocycles. The molecule has 4 aromatic rings. The van der Waals surface area contributed by atoms with Crippen LogP contribution in [0.2, 0.25) is 0 Å². The van der Waals surface area contributed by atoms with Crippen molar-refractivity contribution in [2.24, 2.45) is 4.99 Å². The third-order valence-corrected chi connectivity index (χ3v) is 4.87. The Labute approximate surface area is 178 Å². The number of benzene rings is 2. The number of halogens is 1. The topological polar surface area (TPSA) is 72.3 Å². The number of aromatic nitrogens is 3. The predicted molar refractivity (Wildman–Crippen MR) is 119 cm³/mol. The molecule has 0 aliphatic heterocycles. The number of aromatic amines is 1. The molecule has 0 spiro atoms. The Morgan fingerprint density at radius 3 is 2.42 bits per heavy atom. The van der Waals surface area contributed by atoms with Gasteiger partial charge in [-0.3, -0.25) is 9.89 Å². The third-order valence-electron chi connectivity index (χ3n) is 4.87. The number of pyridine rings is 1. The lowest BCUT2D eigenvalue weighted by atomic mass is 10.1. The molecule has 4 rings (SSSR count). The molecule has 156 valence electrons. The van der Waals surface area contributed by atoms with E-state index in [1.807, 2.05) is 43.3 Å². The summed E-state index contributed by atoms with van der Waals surface area (Å²) in [4.78, 5) is 22.4. The van der Waals surface area contributed by atoms with Gasteiger partial charge < -0.3 is 4.74 Å². The van der Waals surface area contributed by atoms with Crippen molar-refractivity contribution in [3.05, 3.63) is 94.2 Å². The average molecular weight is 416 g/mol. The first-order valence-electron chi connectivity index (χ1n) is 9.71. The monoisotopic (exact) mass is 416 g/mol. The molecule has 0 unspecified atom stereocenters. The fourth-order valence-electron chi connectivity index (χ4n) is 3.33. The average Bonchev–Trinajstić information content (AvgIpc) is 3.11. The Balaban J connectivity index is 1.90. The quantitative estimate of drug-likeness (QED) is 0.474. The largest absolute Gasteiger partial charge is 0.497 e. The van der Waals surface area contributed by atoms with Gasteiger partial charge in [0.15, 0.2) is 5.82 Å². The maximum atomic E-state index is 13.4. The summed E-state index contributed by atoms with van der Waals surface area (Å²) in [5.74, 6) is 0.856. The number of methoxy groups -OCH3 is 1. The highest BCUT2D eigenvalue weighted by atomic mass is 19.1. The fraction of sp³-hybridized carbons (Fsp3) is 0.125. The van der Waals surface area contributed by atoms with Crippen molar-refractivity contribution >= 4 is 11.5 Å². The van der Waals surface area contributed by atoms with Gasteiger partial charge in [0.1, 0.15) is 11.6 Å². The van der Waals surface area contributed by atoms with E-state index >= 15 is 0 Å². The highest BCUT2D eigenvalue weighted by Gasteiger charge is 2.19. The number of H-pyrrole nitrogens is 1. The van der Waals surface area contributed by atoms with Gasteiger partial charge in [0.2, 0.25) is 0 Å². The van der Waals surface area contributed by atoms with Gasteiger partial charge in [-0.05, 0) is 74.5 Å². The normalized spacial score (nSPS) is 11.5. The molecule has 0 fully saturated rings. The number of aliphatic imine (C=N–C) groups is 1. The Bertz CT molecular complexity index is 1300. The molecule has 0 saturated carbocycles. The first kappa shape index (κ1) is 20.3. The van der Waals surface area contributed by atoms with Crippen LogP contribution >= 0.6 is 0 Å². The van der Waals surface area contributed by atoms with Crippen molar-refractivity contribution in [2.75, 3.05) is 7.11 Å². The van der Waals surface area contributed by atoms with Crippen molar-refractivity contribution in [1.29, 1.82) is 0 Å². The van der Waals surface area contributed by atoms with Gasteiger partial charge in [-0.1, -0.05) is 6.07 Å². The minimum atomic E-state index is -0.373. The summed E-state index contributed by atoms with van der Waals surface area (Å²) in [5, 5.41) is 3.16. The maximum absolute atomic E-state index is 13.4. The zero-order valence-corrected chi connectivity index (χ0v) is 17.4. The number of ether oxygens (including phenoxy) is 1. The van der Waals surface area contributed by atoms with E-state index < -0.39 is 0 Å². The minimum Gasteiger partial charge on any atom is -0.497 e. The molecule has 31 heavy (non-hydrogen) atoms. The van der Waals surface area contributed by atoms with Crippen LogP contribution in [-0.4, -0.2) is 27.6 Å². The van der Waals surface area contributed by atoms with Crippen LogP contribution in [0.5, 0.6) is 5.75 Å². The van der Waals surface area contributed by atoms with Crippen LogP contribution in [0.4, 0.5) is 10.2 Å². The van der Waals surface area contributed by atoms with Crippen LogP contribution < -0.4 is 10.3 Å². The van der Waals surface area contributed by atoms with E-state index in [9.17, 15) is 9.18 Å². The van der Waals surface area contributed by atoms with Gasteiger partial charge in [0.05, 0.1) is 29.8 Å². The van der Waals surface area contributed by atoms with E-state index in [4.69, 9.17) is 4.74 Å². The second-order valence-electron chi connectivity index (χ2n) is 7.04. The van der Waals surface area contributed by atoms with Crippen LogP contribution in [0.3, 0.4) is 0 Å². The first-order chi connectivity index (χ1) is 15.0. The smallest absolute Gasteiger partial charge is 0.280 e. The number of hydrogen-bond acceptors (Lipinski definition) is 4. The number of hydrogen-bond donors (Lipinski definition) is 1. The van der Waals surface area contributed by atoms with Crippen molar-refractivity contribution in [3.63, 3.8) is 0 Å². The number of rotatable bonds is 5. The Kier molecular flexibility index (Phi) is 5.49. The lowest BCUT2D eigenvalue weighted by Gasteiger charge is -2.05. The maximum Gasteiger partial charge on any atom is 0.280 e. The van der Waals surface area contributed by atoms with E-state index in [-0.39, 0.29) is 11.4 Å². The number of aryl methyl sites for hydroxylation is 1. The highest BCUT2D eigenvalue weighted by molar-refractivity contribution is 6.04. The van der Waals surface area contributed by atoms with Gasteiger partial charge in [-0.15, -0.1) is 0 Å². The molecule has 0 aliphatic rings. The van der Waals surface area contributed by atoms with Crippen molar-refractivity contribution < 1.29 is 9.13 Å². The van der Waals surface area contributed by atoms with Crippen molar-refractivity contribution in [2.45, 2.75) is 13.8 Å². The van der Waals surface area contributed by atoms with Crippen LogP contribution in [0.15, 0.2) is 76.5 Å². The van der Waals surface area contributed by atoms with E-state index in [1.165, 1.54) is 16.8 Å². The SMILES string of the molecule is COc1ccc(-c2[nH]n(-c3ccc(F)cc3)c(=O)c2C(C)=Nc2cccc(C)n2)cc1. The third kappa shape index (κ3) is 4.16. The van der Waals surface area contributed by atoms with Crippen molar-refractivity contribution in [1.82, 2.24) is 14.8 Å². The van der Waals surface area contributed by atoms with E-state index in [0.717, 1.165) is 11.3 Å². The second-order valence-corrected chi connectivity index (χ2v) is 7.04. The summed E-state index contributed by atoms with van der Waals surface area (Å²) in [6.07, 6.45) is 0. The highest BCUT2D eigenvalue weighted by Crippen LogP contribution is 2.25. The van der Waals surface area contributed by atoms with Crippen LogP contribution in [0.1, 0.15) is 18.2 Å². The van der Waals surface area contributed by atoms with E-state index in [1.54, 1.807) is 32.2 Å². The Hall–Kier alpha value is -4.00. The summed E-state index contributed by atoms with van der Waals surface area (Å²) in [5.41, 5.74) is 3.40. The zero-order chi connectivity index (χ0) is 22.0. The molecule has 2 aromatic carbocycles. The molecule has 2 aromatic heterocycles. The molecule has 0 atom stereocenters. The second kappa shape index (κ2) is 8.39. The van der Waals surface area contributed by atoms with Gasteiger partial charge in [-0.2, -0.15) is 0 Å². The molecule has 0 bridgehead atoms.